The predicted molar refractivity (Wildman–Crippen MR) is 502 cm³/mol. The van der Waals surface area contributed by atoms with Crippen LogP contribution in [0.2, 0.25) is 0 Å². The maximum Gasteiger partial charge on any atom is 0.303 e. The Balaban J connectivity index is 1.12. The Kier molecular flexibility index (Phi) is 40.2. The standard InChI is InChI=1S/C92H129N23O21S/c1-8-10-21-71-85(129)105-64(35-50(3)4)82(126)110-70(80(124)100-45-76(96)119)47-137-48-77(120)102-67(36-52-24-26-56(116)27-25-52)90(134)113(34-32-94)51(5)79(123)108-69(41-75(95)118)91(135)114-33-16-23-72(114)86(130)107-66(39-55-44-97-49-101-55)84(128)104-63(28-29-78(121)122)89(133)115-46-57(117)40-74(115)87(131)106-65(37-53-42-98-60-19-14-12-17-58(53)60)83(127)103-62(30-31-93)81(125)109-68(38-54-43-99-61-20-15-13-18-59(54)61)88(132)112(7)73(22-11-9-2)92(136)111(71)6/h12-15,17-20,24-27,42-44,49-51,57,62-74,98-99,116-117H,8-11,16,21-23,28-41,45-48,93-94H2,1-7H3,(H2,95,118)(H2,96,119)(H,97,101)(H,100,124)(H,102,120)(H,103,127)(H,104,128)(H,105,129)(H,106,131)(H,107,130)(H,108,123)(H,109,125)(H,110,126)(H,121,122)/t51-,57+,62-,63-,64-,65-,66-,67-,68-,69?,70-,71-,72-,73-,74-/m0/s1. The SMILES string of the molecule is CCCC[C@H]1C(=O)N(C)[C@@H](CCCC)C(=O)N[C@@H](CC(C)C)C(=O)N[C@H](C(=O)NCC(N)=O)CSCC(=O)N[C@@H](Cc2ccc(O)cc2)C(=O)N(CCN)[C@@H](C)C(=O)NC(CC(N)=O)C(=O)N2CCC[C@H]2C(=O)N[C@@H](Cc2cnc[nH]2)C(=O)N[C@@H](CCC(=O)O)C(=O)N2C[C@H](O)C[C@H]2C(=O)N[C@@H](Cc2c[nH]c3ccccc23)C(=O)N[C@@H](CCN)C(=O)N[C@@H](Cc2c[nH]c3ccccc23)C(=O)N1C. The number of para-hydroxylation sites is 2. The molecule has 744 valence electrons. The number of amides is 17. The van der Waals surface area contributed by atoms with Crippen molar-refractivity contribution >= 4 is 140 Å². The molecule has 3 fully saturated rings. The third kappa shape index (κ3) is 30.0. The number of phenolic OH excluding ortho intramolecular Hbond substituents is 1. The predicted octanol–water partition coefficient (Wildman–Crippen LogP) is -2.64. The van der Waals surface area contributed by atoms with E-state index in [-0.39, 0.29) is 101 Å². The molecule has 3 saturated heterocycles. The monoisotopic (exact) mass is 1920 g/mol. The van der Waals surface area contributed by atoms with E-state index >= 15 is 47.9 Å². The minimum Gasteiger partial charge on any atom is -0.508 e. The smallest absolute Gasteiger partial charge is 0.303 e. The number of aliphatic carboxylic acids is 1. The number of likely N-dealkylation sites (N-methyl/N-ethyl adjacent to an activating group) is 2. The number of imidazole rings is 1. The Morgan fingerprint density at radius 1 is 0.555 bits per heavy atom. The van der Waals surface area contributed by atoms with Gasteiger partial charge >= 0.3 is 5.97 Å². The quantitative estimate of drug-likeness (QED) is 0.0239. The van der Waals surface area contributed by atoms with Gasteiger partial charge in [0, 0.05) is 131 Å². The van der Waals surface area contributed by atoms with Gasteiger partial charge in [-0.15, -0.1) is 11.8 Å². The number of aliphatic hydroxyl groups is 1. The molecule has 44 nitrogen and oxygen atoms in total. The molecule has 0 bridgehead atoms. The number of benzene rings is 3. The summed E-state index contributed by atoms with van der Waals surface area (Å²) < 4.78 is 0. The number of H-pyrrole nitrogens is 3. The van der Waals surface area contributed by atoms with Gasteiger partial charge in [-0.3, -0.25) is 86.3 Å². The number of unbranched alkanes of at least 4 members (excludes halogenated alkanes) is 2. The molecule has 6 heterocycles. The molecule has 0 saturated carbocycles. The number of aliphatic hydroxyl groups excluding tert-OH is 1. The average molecular weight is 1930 g/mol. The Morgan fingerprint density at radius 2 is 1.10 bits per heavy atom. The fourth-order valence-corrected chi connectivity index (χ4v) is 18.0. The number of hydrogen-bond donors (Lipinski definition) is 20. The summed E-state index contributed by atoms with van der Waals surface area (Å²) in [5.74, 6) is -19.2. The Hall–Kier alpha value is -13.6. The van der Waals surface area contributed by atoms with E-state index in [1.54, 1.807) is 74.8 Å². The van der Waals surface area contributed by atoms with Crippen LogP contribution >= 0.6 is 11.8 Å². The zero-order valence-corrected chi connectivity index (χ0v) is 78.8. The Bertz CT molecular complexity index is 5270. The fraction of sp³-hybridized carbons (Fsp3) is 0.533. The molecule has 17 amide bonds. The van der Waals surface area contributed by atoms with Crippen molar-refractivity contribution in [2.75, 3.05) is 64.9 Å². The first-order valence-electron chi connectivity index (χ1n) is 46.1. The number of aromatic amines is 3. The molecular formula is C92H129N23O21S. The number of thioether (sulfide) groups is 1. The minimum absolute atomic E-state index is 0.0182. The second-order valence-corrected chi connectivity index (χ2v) is 36.2. The fourth-order valence-electron chi connectivity index (χ4n) is 17.1. The number of phenols is 1. The second kappa shape index (κ2) is 51.4. The lowest BCUT2D eigenvalue weighted by Gasteiger charge is -2.36. The lowest BCUT2D eigenvalue weighted by atomic mass is 9.99. The molecule has 3 aliphatic rings. The Labute approximate surface area is 795 Å². The van der Waals surface area contributed by atoms with Gasteiger partial charge in [0.1, 0.15) is 90.3 Å². The van der Waals surface area contributed by atoms with E-state index in [9.17, 15) is 53.7 Å². The highest BCUT2D eigenvalue weighted by molar-refractivity contribution is 8.00. The lowest BCUT2D eigenvalue weighted by Crippen LogP contribution is -2.61. The highest BCUT2D eigenvalue weighted by atomic mass is 32.2. The summed E-state index contributed by atoms with van der Waals surface area (Å²) >= 11 is 0.778. The van der Waals surface area contributed by atoms with Gasteiger partial charge in [0.25, 0.3) is 0 Å². The first-order valence-corrected chi connectivity index (χ1v) is 47.2. The van der Waals surface area contributed by atoms with E-state index in [1.165, 1.54) is 67.6 Å². The third-order valence-electron chi connectivity index (χ3n) is 24.4. The van der Waals surface area contributed by atoms with Gasteiger partial charge in [-0.05, 0) is 105 Å². The summed E-state index contributed by atoms with van der Waals surface area (Å²) in [4.78, 5) is 283. The molecule has 137 heavy (non-hydrogen) atoms. The molecule has 9 rings (SSSR count). The van der Waals surface area contributed by atoms with Crippen LogP contribution in [0.15, 0.2) is 97.7 Å². The van der Waals surface area contributed by atoms with Crippen molar-refractivity contribution in [3.05, 3.63) is 120 Å². The molecule has 0 spiro atoms. The van der Waals surface area contributed by atoms with Crippen molar-refractivity contribution in [1.82, 2.24) is 97.6 Å². The number of carboxylic acids is 1. The van der Waals surface area contributed by atoms with Crippen LogP contribution < -0.4 is 76.1 Å². The molecule has 1 unspecified atom stereocenters. The summed E-state index contributed by atoms with van der Waals surface area (Å²) in [5.41, 5.74) is 26.5. The van der Waals surface area contributed by atoms with Crippen LogP contribution in [0.4, 0.5) is 0 Å². The number of nitrogens with one attached hydrogen (secondary N) is 13. The molecule has 6 aromatic rings. The number of rotatable bonds is 28. The van der Waals surface area contributed by atoms with Crippen molar-refractivity contribution in [3.63, 3.8) is 0 Å². The summed E-state index contributed by atoms with van der Waals surface area (Å²) in [5, 5.41) is 59.7. The van der Waals surface area contributed by atoms with Gasteiger partial charge in [0.15, 0.2) is 0 Å². The van der Waals surface area contributed by atoms with Gasteiger partial charge in [-0.2, -0.15) is 0 Å². The summed E-state index contributed by atoms with van der Waals surface area (Å²) in [6.07, 6.45) is 1.79. The maximum atomic E-state index is 15.8. The third-order valence-corrected chi connectivity index (χ3v) is 25.5. The highest BCUT2D eigenvalue weighted by Gasteiger charge is 2.47. The molecule has 0 radical (unpaired) electrons. The zero-order chi connectivity index (χ0) is 100. The van der Waals surface area contributed by atoms with Crippen LogP contribution in [0.1, 0.15) is 147 Å². The van der Waals surface area contributed by atoms with Crippen molar-refractivity contribution in [3.8, 4) is 5.75 Å². The van der Waals surface area contributed by atoms with Crippen LogP contribution in [0.25, 0.3) is 21.8 Å². The zero-order valence-electron chi connectivity index (χ0n) is 78.0. The molecule has 3 aromatic heterocycles. The van der Waals surface area contributed by atoms with E-state index in [2.05, 4.69) is 73.1 Å². The molecule has 24 N–H and O–H groups in total. The molecule has 3 aliphatic heterocycles. The normalized spacial score (nSPS) is 24.6. The number of carbonyl (C=O) groups is 18. The number of aromatic hydroxyl groups is 1. The van der Waals surface area contributed by atoms with Crippen LogP contribution in [-0.2, 0) is 112 Å². The van der Waals surface area contributed by atoms with Gasteiger partial charge in [0.05, 0.1) is 31.1 Å². The van der Waals surface area contributed by atoms with Crippen LogP contribution in [0, 0.1) is 5.92 Å². The van der Waals surface area contributed by atoms with Crippen molar-refractivity contribution in [1.29, 1.82) is 0 Å². The first-order chi connectivity index (χ1) is 65.3. The molecule has 0 aliphatic carbocycles. The molecule has 45 heteroatoms. The second-order valence-electron chi connectivity index (χ2n) is 35.2. The van der Waals surface area contributed by atoms with Gasteiger partial charge in [-0.25, -0.2) is 4.98 Å². The van der Waals surface area contributed by atoms with Gasteiger partial charge in [0.2, 0.25) is 100 Å². The number of hydrogen-bond acceptors (Lipinski definition) is 24. The van der Waals surface area contributed by atoms with Crippen LogP contribution in [0.5, 0.6) is 5.75 Å². The first kappa shape index (κ1) is 107. The number of nitrogens with two attached hydrogens (primary N) is 4. The molecular weight excluding hydrogens is 1800 g/mol. The van der Waals surface area contributed by atoms with E-state index < -0.39 is 254 Å². The average Bonchev–Trinajstić information content (AvgIpc) is 1.64. The Morgan fingerprint density at radius 3 is 1.69 bits per heavy atom. The van der Waals surface area contributed by atoms with Crippen molar-refractivity contribution in [2.24, 2.45) is 28.9 Å². The van der Waals surface area contributed by atoms with E-state index in [0.717, 1.165) is 26.5 Å². The number of aromatic nitrogens is 4. The largest absolute Gasteiger partial charge is 0.508 e. The van der Waals surface area contributed by atoms with Crippen molar-refractivity contribution in [2.45, 2.75) is 241 Å². The number of carboxylic acid groups (broad SMARTS) is 1. The highest BCUT2D eigenvalue weighted by Crippen LogP contribution is 2.28. The number of carbonyl (C=O) groups excluding carboxylic acids is 17. The number of primary amides is 2. The van der Waals surface area contributed by atoms with Crippen molar-refractivity contribution < 1.29 is 102 Å². The molecule has 15 atom stereocenters. The van der Waals surface area contributed by atoms with Gasteiger partial charge < -0.3 is 131 Å². The minimum atomic E-state index is -1.84. The van der Waals surface area contributed by atoms with Gasteiger partial charge in [-0.1, -0.05) is 102 Å². The van der Waals surface area contributed by atoms with Crippen LogP contribution in [0.3, 0.4) is 0 Å². The molecule has 3 aromatic carbocycles. The van der Waals surface area contributed by atoms with E-state index in [1.807, 2.05) is 13.8 Å². The summed E-state index contributed by atoms with van der Waals surface area (Å²) in [7, 11) is 2.75. The van der Waals surface area contributed by atoms with E-state index in [0.29, 0.717) is 64.2 Å². The maximum absolute atomic E-state index is 15.8. The number of nitrogens with zero attached hydrogens (tertiary/aromatic N) is 6. The lowest BCUT2D eigenvalue weighted by molar-refractivity contribution is -0.149. The number of fused-ring (bicyclic) bond motifs is 4. The summed E-state index contributed by atoms with van der Waals surface area (Å²) in [6.45, 7) is 6.07. The van der Waals surface area contributed by atoms with Crippen LogP contribution in [-0.4, -0.2) is 322 Å². The van der Waals surface area contributed by atoms with E-state index in [4.69, 9.17) is 22.9 Å². The topological polar surface area (TPSA) is 669 Å². The summed E-state index contributed by atoms with van der Waals surface area (Å²) in [6, 6.07) is -2.51.